The first-order chi connectivity index (χ1) is 14.0. The maximum Gasteiger partial charge on any atom is 0.340 e. The quantitative estimate of drug-likeness (QED) is 0.584. The van der Waals surface area contributed by atoms with Crippen LogP contribution in [0.5, 0.6) is 0 Å². The van der Waals surface area contributed by atoms with Crippen LogP contribution in [0, 0.1) is 0 Å². The average molecular weight is 413 g/mol. The lowest BCUT2D eigenvalue weighted by Gasteiger charge is -2.10. The monoisotopic (exact) mass is 412 g/mol. The van der Waals surface area contributed by atoms with Crippen molar-refractivity contribution < 1.29 is 14.3 Å². The zero-order valence-corrected chi connectivity index (χ0v) is 16.9. The van der Waals surface area contributed by atoms with E-state index in [9.17, 15) is 9.59 Å². The van der Waals surface area contributed by atoms with E-state index in [-0.39, 0.29) is 17.9 Å². The van der Waals surface area contributed by atoms with Crippen LogP contribution in [0.25, 0.3) is 5.69 Å². The molecule has 0 atom stereocenters. The maximum atomic E-state index is 12.9. The molecule has 1 aromatic heterocycles. The molecular formula is C21H21ClN4O3. The van der Waals surface area contributed by atoms with E-state index in [1.54, 1.807) is 48.0 Å². The fourth-order valence-corrected chi connectivity index (χ4v) is 3.02. The van der Waals surface area contributed by atoms with Crippen molar-refractivity contribution in [3.05, 3.63) is 70.5 Å². The van der Waals surface area contributed by atoms with E-state index in [0.717, 1.165) is 12.1 Å². The highest BCUT2D eigenvalue weighted by Gasteiger charge is 2.22. The standard InChI is InChI=1S/C21H21ClN4O3/c1-3-7-18-19(24-25-26(18)15-12-10-14(22)11-13-15)20(27)23-17-9-6-5-8-16(17)21(28)29-4-2/h5-6,8-13H,3-4,7H2,1-2H3,(H,23,27). The second-order valence-corrected chi connectivity index (χ2v) is 6.68. The summed E-state index contributed by atoms with van der Waals surface area (Å²) in [4.78, 5) is 25.1. The van der Waals surface area contributed by atoms with Crippen LogP contribution in [0.4, 0.5) is 5.69 Å². The third-order valence-electron chi connectivity index (χ3n) is 4.21. The number of ether oxygens (including phenoxy) is 1. The third-order valence-corrected chi connectivity index (χ3v) is 4.46. The number of nitrogens with one attached hydrogen (secondary N) is 1. The predicted octanol–water partition coefficient (Wildman–Crippen LogP) is 4.30. The molecule has 0 unspecified atom stereocenters. The molecule has 0 bridgehead atoms. The minimum absolute atomic E-state index is 0.209. The summed E-state index contributed by atoms with van der Waals surface area (Å²) in [7, 11) is 0. The molecule has 0 aliphatic carbocycles. The summed E-state index contributed by atoms with van der Waals surface area (Å²) in [5, 5.41) is 11.6. The van der Waals surface area contributed by atoms with Crippen molar-refractivity contribution in [2.45, 2.75) is 26.7 Å². The summed E-state index contributed by atoms with van der Waals surface area (Å²) in [6, 6.07) is 13.8. The Balaban J connectivity index is 1.92. The number of aromatic nitrogens is 3. The number of rotatable bonds is 7. The molecule has 2 aromatic carbocycles. The molecule has 0 saturated carbocycles. The summed E-state index contributed by atoms with van der Waals surface area (Å²) in [6.07, 6.45) is 1.42. The average Bonchev–Trinajstić information content (AvgIpc) is 3.13. The van der Waals surface area contributed by atoms with Crippen molar-refractivity contribution in [1.82, 2.24) is 15.0 Å². The lowest BCUT2D eigenvalue weighted by atomic mass is 10.1. The Labute approximate surface area is 173 Å². The van der Waals surface area contributed by atoms with Gasteiger partial charge in [-0.25, -0.2) is 9.48 Å². The predicted molar refractivity (Wildman–Crippen MR) is 111 cm³/mol. The van der Waals surface area contributed by atoms with Crippen LogP contribution in [0.15, 0.2) is 48.5 Å². The molecule has 0 radical (unpaired) electrons. The molecule has 1 N–H and O–H groups in total. The molecule has 0 aliphatic heterocycles. The van der Waals surface area contributed by atoms with Gasteiger partial charge in [0.2, 0.25) is 0 Å². The molecular weight excluding hydrogens is 392 g/mol. The number of halogens is 1. The van der Waals surface area contributed by atoms with Crippen molar-refractivity contribution >= 4 is 29.2 Å². The molecule has 0 aliphatic rings. The topological polar surface area (TPSA) is 86.1 Å². The zero-order valence-electron chi connectivity index (χ0n) is 16.2. The molecule has 0 spiro atoms. The van der Waals surface area contributed by atoms with E-state index in [2.05, 4.69) is 15.6 Å². The number of carbonyl (C=O) groups excluding carboxylic acids is 2. The van der Waals surface area contributed by atoms with Crippen molar-refractivity contribution in [3.8, 4) is 5.69 Å². The number of benzene rings is 2. The lowest BCUT2D eigenvalue weighted by Crippen LogP contribution is -2.18. The number of esters is 1. The van der Waals surface area contributed by atoms with Gasteiger partial charge in [-0.2, -0.15) is 0 Å². The maximum absolute atomic E-state index is 12.9. The number of nitrogens with zero attached hydrogens (tertiary/aromatic N) is 3. The van der Waals surface area contributed by atoms with E-state index in [1.165, 1.54) is 0 Å². The second-order valence-electron chi connectivity index (χ2n) is 6.24. The summed E-state index contributed by atoms with van der Waals surface area (Å²) < 4.78 is 6.69. The Bertz CT molecular complexity index is 1020. The highest BCUT2D eigenvalue weighted by atomic mass is 35.5. The molecule has 7 nitrogen and oxygen atoms in total. The minimum atomic E-state index is -0.498. The Morgan fingerprint density at radius 2 is 1.83 bits per heavy atom. The highest BCUT2D eigenvalue weighted by molar-refractivity contribution is 6.30. The van der Waals surface area contributed by atoms with Crippen LogP contribution in [0.1, 0.15) is 46.8 Å². The van der Waals surface area contributed by atoms with Crippen LogP contribution in [-0.2, 0) is 11.2 Å². The van der Waals surface area contributed by atoms with E-state index < -0.39 is 11.9 Å². The Morgan fingerprint density at radius 3 is 2.52 bits per heavy atom. The van der Waals surface area contributed by atoms with E-state index in [1.807, 2.05) is 19.1 Å². The highest BCUT2D eigenvalue weighted by Crippen LogP contribution is 2.21. The first kappa shape index (κ1) is 20.5. The van der Waals surface area contributed by atoms with Gasteiger partial charge >= 0.3 is 5.97 Å². The van der Waals surface area contributed by atoms with Gasteiger partial charge in [0.1, 0.15) is 0 Å². The van der Waals surface area contributed by atoms with Gasteiger partial charge in [0, 0.05) is 5.02 Å². The summed E-state index contributed by atoms with van der Waals surface area (Å²) in [6.45, 7) is 3.99. The van der Waals surface area contributed by atoms with Gasteiger partial charge in [-0.1, -0.05) is 42.3 Å². The van der Waals surface area contributed by atoms with E-state index in [4.69, 9.17) is 16.3 Å². The van der Waals surface area contributed by atoms with Gasteiger partial charge in [-0.05, 0) is 49.7 Å². The van der Waals surface area contributed by atoms with Gasteiger partial charge in [0.15, 0.2) is 5.69 Å². The summed E-state index contributed by atoms with van der Waals surface area (Å²) >= 11 is 5.96. The Kier molecular flexibility index (Phi) is 6.61. The van der Waals surface area contributed by atoms with Gasteiger partial charge < -0.3 is 10.1 Å². The Hall–Kier alpha value is -3.19. The Morgan fingerprint density at radius 1 is 1.10 bits per heavy atom. The number of hydrogen-bond acceptors (Lipinski definition) is 5. The fourth-order valence-electron chi connectivity index (χ4n) is 2.89. The van der Waals surface area contributed by atoms with E-state index >= 15 is 0 Å². The molecule has 1 heterocycles. The SMILES string of the molecule is CCCc1c(C(=O)Nc2ccccc2C(=O)OCC)nnn1-c1ccc(Cl)cc1. The van der Waals surface area contributed by atoms with Crippen LogP contribution >= 0.6 is 11.6 Å². The number of hydrogen-bond donors (Lipinski definition) is 1. The zero-order chi connectivity index (χ0) is 20.8. The van der Waals surface area contributed by atoms with Crippen molar-refractivity contribution in [2.24, 2.45) is 0 Å². The van der Waals surface area contributed by atoms with Gasteiger partial charge in [0.05, 0.1) is 29.2 Å². The van der Waals surface area contributed by atoms with Crippen molar-refractivity contribution in [1.29, 1.82) is 0 Å². The first-order valence-electron chi connectivity index (χ1n) is 9.33. The second kappa shape index (κ2) is 9.34. The van der Waals surface area contributed by atoms with E-state index in [0.29, 0.717) is 22.8 Å². The summed E-state index contributed by atoms with van der Waals surface area (Å²) in [5.41, 5.74) is 2.29. The minimum Gasteiger partial charge on any atom is -0.462 e. The molecule has 3 aromatic rings. The normalized spacial score (nSPS) is 10.6. The molecule has 0 fully saturated rings. The molecule has 29 heavy (non-hydrogen) atoms. The van der Waals surface area contributed by atoms with Gasteiger partial charge in [-0.3, -0.25) is 4.79 Å². The molecule has 0 saturated heterocycles. The number of anilines is 1. The van der Waals surface area contributed by atoms with Gasteiger partial charge in [-0.15, -0.1) is 5.10 Å². The largest absolute Gasteiger partial charge is 0.462 e. The first-order valence-corrected chi connectivity index (χ1v) is 9.71. The number of carbonyl (C=O) groups is 2. The molecule has 150 valence electrons. The van der Waals surface area contributed by atoms with Crippen LogP contribution in [-0.4, -0.2) is 33.5 Å². The fraction of sp³-hybridized carbons (Fsp3) is 0.238. The lowest BCUT2D eigenvalue weighted by molar-refractivity contribution is 0.0527. The number of amides is 1. The molecule has 8 heteroatoms. The van der Waals surface area contributed by atoms with Crippen LogP contribution in [0.3, 0.4) is 0 Å². The van der Waals surface area contributed by atoms with Crippen LogP contribution in [0.2, 0.25) is 5.02 Å². The summed E-state index contributed by atoms with van der Waals surface area (Å²) in [5.74, 6) is -0.938. The smallest absolute Gasteiger partial charge is 0.340 e. The van der Waals surface area contributed by atoms with Crippen molar-refractivity contribution in [2.75, 3.05) is 11.9 Å². The van der Waals surface area contributed by atoms with Crippen molar-refractivity contribution in [3.63, 3.8) is 0 Å². The third kappa shape index (κ3) is 4.63. The van der Waals surface area contributed by atoms with Gasteiger partial charge in [0.25, 0.3) is 5.91 Å². The van der Waals surface area contributed by atoms with Crippen LogP contribution < -0.4 is 5.32 Å². The molecule has 1 amide bonds. The number of para-hydroxylation sites is 1. The molecule has 3 rings (SSSR count).